The molecule has 1 aromatic rings. The molecule has 90 valence electrons. The molecule has 0 saturated carbocycles. The zero-order valence-electron chi connectivity index (χ0n) is 9.59. The molecule has 1 amide bonds. The second kappa shape index (κ2) is 4.53. The molecule has 1 aliphatic heterocycles. The van der Waals surface area contributed by atoms with Gasteiger partial charge in [0, 0.05) is 25.0 Å². The molecule has 1 atom stereocenters. The number of likely N-dealkylation sites (tertiary alicyclic amines) is 1. The second-order valence-corrected chi connectivity index (χ2v) is 4.26. The normalized spacial score (nSPS) is 19.4. The van der Waals surface area contributed by atoms with Crippen LogP contribution in [0.3, 0.4) is 0 Å². The van der Waals surface area contributed by atoms with Gasteiger partial charge in [-0.15, -0.1) is 0 Å². The van der Waals surface area contributed by atoms with Crippen molar-refractivity contribution in [2.45, 2.75) is 13.3 Å². The summed E-state index contributed by atoms with van der Waals surface area (Å²) in [6, 6.07) is 3.50. The van der Waals surface area contributed by atoms with Gasteiger partial charge in [0.25, 0.3) is 5.91 Å². The Balaban J connectivity index is 2.07. The maximum absolute atomic E-state index is 12.0. The van der Waals surface area contributed by atoms with Crippen molar-refractivity contribution < 1.29 is 14.7 Å². The van der Waals surface area contributed by atoms with Crippen molar-refractivity contribution in [2.24, 2.45) is 5.92 Å². The highest BCUT2D eigenvalue weighted by Crippen LogP contribution is 2.18. The quantitative estimate of drug-likeness (QED) is 0.826. The number of aliphatic carboxylic acids is 1. The van der Waals surface area contributed by atoms with Gasteiger partial charge in [0.1, 0.15) is 0 Å². The monoisotopic (exact) mass is 234 g/mol. The Bertz CT molecular complexity index is 442. The highest BCUT2D eigenvalue weighted by molar-refractivity contribution is 5.94. The average molecular weight is 234 g/mol. The minimum absolute atomic E-state index is 0.138. The maximum Gasteiger partial charge on any atom is 0.308 e. The molecule has 0 spiro atoms. The molecular weight excluding hydrogens is 220 g/mol. The number of carbonyl (C=O) groups excluding carboxylic acids is 1. The number of amides is 1. The van der Waals surface area contributed by atoms with Gasteiger partial charge in [-0.25, -0.2) is 0 Å². The van der Waals surface area contributed by atoms with Crippen molar-refractivity contribution in [1.29, 1.82) is 0 Å². The Morgan fingerprint density at radius 2 is 2.24 bits per heavy atom. The molecule has 5 nitrogen and oxygen atoms in total. The van der Waals surface area contributed by atoms with E-state index >= 15 is 0 Å². The summed E-state index contributed by atoms with van der Waals surface area (Å²) >= 11 is 0. The van der Waals surface area contributed by atoms with Crippen molar-refractivity contribution in [2.75, 3.05) is 13.1 Å². The lowest BCUT2D eigenvalue weighted by Gasteiger charge is -2.15. The van der Waals surface area contributed by atoms with E-state index in [1.54, 1.807) is 17.0 Å². The number of hydrogen-bond donors (Lipinski definition) is 1. The van der Waals surface area contributed by atoms with Gasteiger partial charge in [-0.1, -0.05) is 0 Å². The van der Waals surface area contributed by atoms with Crippen molar-refractivity contribution in [3.05, 3.63) is 29.6 Å². The van der Waals surface area contributed by atoms with Crippen molar-refractivity contribution >= 4 is 11.9 Å². The summed E-state index contributed by atoms with van der Waals surface area (Å²) < 4.78 is 0. The number of carboxylic acid groups (broad SMARTS) is 1. The lowest BCUT2D eigenvalue weighted by molar-refractivity contribution is -0.141. The minimum atomic E-state index is -0.831. The maximum atomic E-state index is 12.0. The zero-order valence-corrected chi connectivity index (χ0v) is 9.59. The fourth-order valence-electron chi connectivity index (χ4n) is 1.92. The van der Waals surface area contributed by atoms with Gasteiger partial charge >= 0.3 is 5.97 Å². The summed E-state index contributed by atoms with van der Waals surface area (Å²) in [5, 5.41) is 8.87. The van der Waals surface area contributed by atoms with Gasteiger partial charge < -0.3 is 10.0 Å². The molecule has 1 N–H and O–H groups in total. The molecule has 2 heterocycles. The average Bonchev–Trinajstić information content (AvgIpc) is 2.78. The van der Waals surface area contributed by atoms with Crippen LogP contribution in [0.1, 0.15) is 22.5 Å². The fraction of sp³-hybridized carbons (Fsp3) is 0.417. The molecule has 2 rings (SSSR count). The highest BCUT2D eigenvalue weighted by Gasteiger charge is 2.31. The van der Waals surface area contributed by atoms with Crippen LogP contribution in [0.15, 0.2) is 18.3 Å². The second-order valence-electron chi connectivity index (χ2n) is 4.26. The fourth-order valence-corrected chi connectivity index (χ4v) is 1.92. The van der Waals surface area contributed by atoms with E-state index in [1.807, 2.05) is 6.92 Å². The molecule has 5 heteroatoms. The van der Waals surface area contributed by atoms with Gasteiger partial charge in [0.05, 0.1) is 11.5 Å². The van der Waals surface area contributed by atoms with Crippen LogP contribution in [0.5, 0.6) is 0 Å². The lowest BCUT2D eigenvalue weighted by atomic mass is 10.1. The van der Waals surface area contributed by atoms with Crippen LogP contribution < -0.4 is 0 Å². The number of nitrogens with zero attached hydrogens (tertiary/aromatic N) is 2. The van der Waals surface area contributed by atoms with E-state index in [1.165, 1.54) is 6.20 Å². The molecule has 0 aliphatic carbocycles. The number of pyridine rings is 1. The van der Waals surface area contributed by atoms with E-state index in [2.05, 4.69) is 4.98 Å². The standard InChI is InChI=1S/C12H14N2O3/c1-8-2-3-9(6-13-8)11(15)14-5-4-10(7-14)12(16)17/h2-3,6,10H,4-5,7H2,1H3,(H,16,17). The number of hydrogen-bond acceptors (Lipinski definition) is 3. The van der Waals surface area contributed by atoms with Crippen LogP contribution in [-0.4, -0.2) is 40.0 Å². The molecule has 1 aliphatic rings. The van der Waals surface area contributed by atoms with Crippen molar-refractivity contribution in [1.82, 2.24) is 9.88 Å². The van der Waals surface area contributed by atoms with Crippen LogP contribution in [0.4, 0.5) is 0 Å². The van der Waals surface area contributed by atoms with Gasteiger partial charge in [-0.3, -0.25) is 14.6 Å². The van der Waals surface area contributed by atoms with Gasteiger partial charge in [-0.2, -0.15) is 0 Å². The smallest absolute Gasteiger partial charge is 0.308 e. The molecule has 1 unspecified atom stereocenters. The van der Waals surface area contributed by atoms with Crippen LogP contribution in [-0.2, 0) is 4.79 Å². The summed E-state index contributed by atoms with van der Waals surface area (Å²) in [6.45, 7) is 2.65. The summed E-state index contributed by atoms with van der Waals surface area (Å²) in [5.41, 5.74) is 1.37. The van der Waals surface area contributed by atoms with Crippen LogP contribution in [0.25, 0.3) is 0 Å². The number of aryl methyl sites for hydroxylation is 1. The van der Waals surface area contributed by atoms with E-state index in [9.17, 15) is 9.59 Å². The SMILES string of the molecule is Cc1ccc(C(=O)N2CCC(C(=O)O)C2)cn1. The molecular formula is C12H14N2O3. The third-order valence-corrected chi connectivity index (χ3v) is 2.98. The summed E-state index contributed by atoms with van der Waals surface area (Å²) in [6.07, 6.45) is 2.06. The van der Waals surface area contributed by atoms with Crippen molar-refractivity contribution in [3.8, 4) is 0 Å². The van der Waals surface area contributed by atoms with E-state index in [-0.39, 0.29) is 5.91 Å². The van der Waals surface area contributed by atoms with Crippen LogP contribution in [0.2, 0.25) is 0 Å². The highest BCUT2D eigenvalue weighted by atomic mass is 16.4. The molecule has 0 radical (unpaired) electrons. The first-order valence-electron chi connectivity index (χ1n) is 5.52. The first-order valence-corrected chi connectivity index (χ1v) is 5.52. The zero-order chi connectivity index (χ0) is 12.4. The third kappa shape index (κ3) is 2.43. The van der Waals surface area contributed by atoms with Crippen molar-refractivity contribution in [3.63, 3.8) is 0 Å². The lowest BCUT2D eigenvalue weighted by Crippen LogP contribution is -2.30. The first kappa shape index (κ1) is 11.6. The van der Waals surface area contributed by atoms with Gasteiger partial charge in [0.2, 0.25) is 0 Å². The summed E-state index contributed by atoms with van der Waals surface area (Å²) in [5.74, 6) is -1.40. The summed E-state index contributed by atoms with van der Waals surface area (Å²) in [4.78, 5) is 28.5. The molecule has 1 fully saturated rings. The number of rotatable bonds is 2. The Labute approximate surface area is 99.1 Å². The van der Waals surface area contributed by atoms with Crippen LogP contribution in [0, 0.1) is 12.8 Å². The summed E-state index contributed by atoms with van der Waals surface area (Å²) in [7, 11) is 0. The van der Waals surface area contributed by atoms with E-state index in [0.29, 0.717) is 25.1 Å². The largest absolute Gasteiger partial charge is 0.481 e. The molecule has 0 bridgehead atoms. The minimum Gasteiger partial charge on any atom is -0.481 e. The molecule has 17 heavy (non-hydrogen) atoms. The van der Waals surface area contributed by atoms with Gasteiger partial charge in [0.15, 0.2) is 0 Å². The topological polar surface area (TPSA) is 70.5 Å². The van der Waals surface area contributed by atoms with Crippen LogP contribution >= 0.6 is 0 Å². The predicted octanol–water partition coefficient (Wildman–Crippen LogP) is 0.937. The number of carboxylic acids is 1. The van der Waals surface area contributed by atoms with E-state index in [4.69, 9.17) is 5.11 Å². The Hall–Kier alpha value is -1.91. The van der Waals surface area contributed by atoms with Gasteiger partial charge in [-0.05, 0) is 25.5 Å². The van der Waals surface area contributed by atoms with E-state index in [0.717, 1.165) is 5.69 Å². The number of carbonyl (C=O) groups is 2. The van der Waals surface area contributed by atoms with E-state index < -0.39 is 11.9 Å². The molecule has 1 aromatic heterocycles. The third-order valence-electron chi connectivity index (χ3n) is 2.98. The first-order chi connectivity index (χ1) is 8.08. The Kier molecular flexibility index (Phi) is 3.08. The molecule has 0 aromatic carbocycles. The Morgan fingerprint density at radius 3 is 2.76 bits per heavy atom. The Morgan fingerprint density at radius 1 is 1.47 bits per heavy atom. The molecule has 1 saturated heterocycles. The predicted molar refractivity (Wildman–Crippen MR) is 60.6 cm³/mol. The number of aromatic nitrogens is 1.